The molecule has 0 spiro atoms. The standard InChI is InChI=1S/C14H32N.C2H6/c1-5-9-12-15(8-4,13-10-6-2)14-11-7-3;1-2/h5-14H2,1-4H3;1-2H3/q+1;. The topological polar surface area (TPSA) is 0 Å². The summed E-state index contributed by atoms with van der Waals surface area (Å²) in [5.74, 6) is 0. The van der Waals surface area contributed by atoms with Gasteiger partial charge in [0.1, 0.15) is 0 Å². The van der Waals surface area contributed by atoms with Crippen molar-refractivity contribution < 1.29 is 4.48 Å². The second-order valence-corrected chi connectivity index (χ2v) is 4.89. The van der Waals surface area contributed by atoms with Crippen LogP contribution in [0.4, 0.5) is 0 Å². The van der Waals surface area contributed by atoms with Crippen molar-refractivity contribution in [3.63, 3.8) is 0 Å². The third kappa shape index (κ3) is 9.64. The maximum atomic E-state index is 2.38. The molecule has 0 aliphatic heterocycles. The zero-order chi connectivity index (χ0) is 13.6. The van der Waals surface area contributed by atoms with Crippen molar-refractivity contribution in [1.29, 1.82) is 0 Å². The minimum Gasteiger partial charge on any atom is -0.324 e. The van der Waals surface area contributed by atoms with Crippen molar-refractivity contribution in [2.45, 2.75) is 80.1 Å². The highest BCUT2D eigenvalue weighted by Gasteiger charge is 2.22. The predicted octanol–water partition coefficient (Wildman–Crippen LogP) is 5.25. The highest BCUT2D eigenvalue weighted by Crippen LogP contribution is 2.14. The summed E-state index contributed by atoms with van der Waals surface area (Å²) in [6.07, 6.45) is 8.25. The molecule has 0 bridgehead atoms. The van der Waals surface area contributed by atoms with Gasteiger partial charge in [-0.3, -0.25) is 0 Å². The number of unbranched alkanes of at least 4 members (excludes halogenated alkanes) is 3. The largest absolute Gasteiger partial charge is 0.324 e. The first-order chi connectivity index (χ1) is 8.24. The molecule has 0 saturated carbocycles. The molecule has 0 radical (unpaired) electrons. The molecule has 0 aromatic carbocycles. The van der Waals surface area contributed by atoms with Gasteiger partial charge in [0.05, 0.1) is 26.2 Å². The van der Waals surface area contributed by atoms with Gasteiger partial charge >= 0.3 is 0 Å². The summed E-state index contributed by atoms with van der Waals surface area (Å²) in [5.41, 5.74) is 0. The molecule has 0 amide bonds. The van der Waals surface area contributed by atoms with Gasteiger partial charge in [-0.1, -0.05) is 53.9 Å². The average Bonchev–Trinajstić information content (AvgIpc) is 2.41. The SMILES string of the molecule is CC.CCCC[N+](CC)(CCCC)CCCC. The van der Waals surface area contributed by atoms with E-state index >= 15 is 0 Å². The molecule has 0 saturated heterocycles. The maximum Gasteiger partial charge on any atom is 0.0786 e. The van der Waals surface area contributed by atoms with E-state index in [2.05, 4.69) is 27.7 Å². The summed E-state index contributed by atoms with van der Waals surface area (Å²) in [5, 5.41) is 0. The van der Waals surface area contributed by atoms with E-state index in [1.807, 2.05) is 13.8 Å². The van der Waals surface area contributed by atoms with Crippen LogP contribution in [-0.4, -0.2) is 30.7 Å². The van der Waals surface area contributed by atoms with Crippen LogP contribution >= 0.6 is 0 Å². The van der Waals surface area contributed by atoms with E-state index in [9.17, 15) is 0 Å². The molecule has 1 nitrogen and oxygen atoms in total. The number of nitrogens with zero attached hydrogens (tertiary/aromatic N) is 1. The molecule has 0 heterocycles. The van der Waals surface area contributed by atoms with Gasteiger partial charge in [0.2, 0.25) is 0 Å². The quantitative estimate of drug-likeness (QED) is 0.460. The highest BCUT2D eigenvalue weighted by molar-refractivity contribution is 4.46. The maximum absolute atomic E-state index is 2.38. The molecular weight excluding hydrogens is 206 g/mol. The molecule has 0 aromatic heterocycles. The molecule has 1 heteroatoms. The van der Waals surface area contributed by atoms with E-state index in [1.165, 1.54) is 69.2 Å². The third-order valence-corrected chi connectivity index (χ3v) is 3.63. The van der Waals surface area contributed by atoms with Gasteiger partial charge in [0, 0.05) is 0 Å². The molecule has 17 heavy (non-hydrogen) atoms. The van der Waals surface area contributed by atoms with Crippen LogP contribution in [-0.2, 0) is 0 Å². The third-order valence-electron chi connectivity index (χ3n) is 3.63. The van der Waals surface area contributed by atoms with Crippen LogP contribution in [0.5, 0.6) is 0 Å². The Bertz CT molecular complexity index is 110. The number of quaternary nitrogens is 1. The van der Waals surface area contributed by atoms with Gasteiger partial charge in [0.15, 0.2) is 0 Å². The second kappa shape index (κ2) is 14.0. The highest BCUT2D eigenvalue weighted by atomic mass is 15.3. The number of hydrogen-bond donors (Lipinski definition) is 0. The number of rotatable bonds is 10. The molecule has 106 valence electrons. The van der Waals surface area contributed by atoms with Crippen molar-refractivity contribution >= 4 is 0 Å². The first kappa shape index (κ1) is 19.3. The Morgan fingerprint density at radius 3 is 1.06 bits per heavy atom. The van der Waals surface area contributed by atoms with Gasteiger partial charge < -0.3 is 4.48 Å². The smallest absolute Gasteiger partial charge is 0.0786 e. The lowest BCUT2D eigenvalue weighted by Gasteiger charge is -2.38. The van der Waals surface area contributed by atoms with Crippen molar-refractivity contribution in [3.05, 3.63) is 0 Å². The normalized spacial score (nSPS) is 10.9. The van der Waals surface area contributed by atoms with Crippen LogP contribution in [0.15, 0.2) is 0 Å². The zero-order valence-corrected chi connectivity index (χ0v) is 13.5. The van der Waals surface area contributed by atoms with Gasteiger partial charge in [0.25, 0.3) is 0 Å². The predicted molar refractivity (Wildman–Crippen MR) is 81.5 cm³/mol. The Labute approximate surface area is 111 Å². The van der Waals surface area contributed by atoms with E-state index < -0.39 is 0 Å². The molecule has 0 fully saturated rings. The van der Waals surface area contributed by atoms with E-state index in [4.69, 9.17) is 0 Å². The van der Waals surface area contributed by atoms with Gasteiger partial charge in [-0.15, -0.1) is 0 Å². The van der Waals surface area contributed by atoms with Crippen molar-refractivity contribution in [2.24, 2.45) is 0 Å². The van der Waals surface area contributed by atoms with Crippen LogP contribution in [0.3, 0.4) is 0 Å². The molecule has 0 aliphatic rings. The Hall–Kier alpha value is -0.0400. The molecule has 0 unspecified atom stereocenters. The summed E-state index contributed by atoms with van der Waals surface area (Å²) in [4.78, 5) is 0. The zero-order valence-electron chi connectivity index (χ0n) is 13.5. The van der Waals surface area contributed by atoms with Crippen LogP contribution in [0.2, 0.25) is 0 Å². The lowest BCUT2D eigenvalue weighted by Crippen LogP contribution is -2.49. The lowest BCUT2D eigenvalue weighted by molar-refractivity contribution is -0.927. The van der Waals surface area contributed by atoms with Crippen LogP contribution in [0.25, 0.3) is 0 Å². The first-order valence-electron chi connectivity index (χ1n) is 8.09. The lowest BCUT2D eigenvalue weighted by atomic mass is 10.1. The van der Waals surface area contributed by atoms with Gasteiger partial charge in [-0.05, 0) is 26.2 Å². The van der Waals surface area contributed by atoms with Crippen LogP contribution < -0.4 is 0 Å². The van der Waals surface area contributed by atoms with E-state index in [1.54, 1.807) is 0 Å². The van der Waals surface area contributed by atoms with E-state index in [0.717, 1.165) is 0 Å². The van der Waals surface area contributed by atoms with E-state index in [0.29, 0.717) is 0 Å². The fourth-order valence-electron chi connectivity index (χ4n) is 2.29. The Balaban J connectivity index is 0. The molecule has 0 N–H and O–H groups in total. The van der Waals surface area contributed by atoms with Gasteiger partial charge in [-0.25, -0.2) is 0 Å². The fraction of sp³-hybridized carbons (Fsp3) is 1.00. The summed E-state index contributed by atoms with van der Waals surface area (Å²) < 4.78 is 1.38. The van der Waals surface area contributed by atoms with Crippen molar-refractivity contribution in [1.82, 2.24) is 0 Å². The molecular formula is C16H38N+. The van der Waals surface area contributed by atoms with Crippen molar-refractivity contribution in [3.8, 4) is 0 Å². The summed E-state index contributed by atoms with van der Waals surface area (Å²) in [7, 11) is 0. The molecule has 0 atom stereocenters. The van der Waals surface area contributed by atoms with E-state index in [-0.39, 0.29) is 0 Å². The second-order valence-electron chi connectivity index (χ2n) is 4.89. The first-order valence-corrected chi connectivity index (χ1v) is 8.09. The molecule has 0 aliphatic carbocycles. The van der Waals surface area contributed by atoms with Crippen molar-refractivity contribution in [2.75, 3.05) is 26.2 Å². The number of hydrogen-bond acceptors (Lipinski definition) is 0. The monoisotopic (exact) mass is 244 g/mol. The Kier molecular flexibility index (Phi) is 15.9. The van der Waals surface area contributed by atoms with Crippen LogP contribution in [0, 0.1) is 0 Å². The Morgan fingerprint density at radius 1 is 0.588 bits per heavy atom. The minimum atomic E-state index is 1.33. The summed E-state index contributed by atoms with van der Waals surface area (Å²) in [6, 6.07) is 0. The molecule has 0 rings (SSSR count). The fourth-order valence-corrected chi connectivity index (χ4v) is 2.29. The van der Waals surface area contributed by atoms with Gasteiger partial charge in [-0.2, -0.15) is 0 Å². The Morgan fingerprint density at radius 2 is 0.882 bits per heavy atom. The summed E-state index contributed by atoms with van der Waals surface area (Å²) >= 11 is 0. The minimum absolute atomic E-state index is 1.33. The summed E-state index contributed by atoms with van der Waals surface area (Å²) in [6.45, 7) is 18.9. The molecule has 0 aromatic rings. The average molecular weight is 244 g/mol. The van der Waals surface area contributed by atoms with Crippen LogP contribution in [0.1, 0.15) is 80.1 Å².